The van der Waals surface area contributed by atoms with Gasteiger partial charge in [-0.25, -0.2) is 24.4 Å². The van der Waals surface area contributed by atoms with Gasteiger partial charge in [0.05, 0.1) is 41.0 Å². The molecule has 218 valence electrons. The SMILES string of the molecule is CCC(CCCn1cnc2cc(-c3cnc(C(F)(F)F)c(N)n3)c(F)cc2c1=O)Nc1cn[nH]c(=O)c1C(F)(F)F. The lowest BCUT2D eigenvalue weighted by atomic mass is 10.1. The number of nitrogens with zero attached hydrogens (tertiary/aromatic N) is 5. The Balaban J connectivity index is 1.52. The summed E-state index contributed by atoms with van der Waals surface area (Å²) in [6.45, 7) is 1.81. The molecule has 0 saturated heterocycles. The molecule has 3 aromatic heterocycles. The highest BCUT2D eigenvalue weighted by Crippen LogP contribution is 2.33. The fourth-order valence-corrected chi connectivity index (χ4v) is 4.18. The van der Waals surface area contributed by atoms with Crippen LogP contribution in [0.15, 0.2) is 40.4 Å². The Morgan fingerprint density at radius 3 is 2.44 bits per heavy atom. The topological polar surface area (TPSA) is 144 Å². The molecular weight excluding hydrogens is 565 g/mol. The molecule has 41 heavy (non-hydrogen) atoms. The van der Waals surface area contributed by atoms with Crippen LogP contribution in [0.25, 0.3) is 22.2 Å². The molecule has 3 heterocycles. The number of aromatic amines is 1. The van der Waals surface area contributed by atoms with Gasteiger partial charge >= 0.3 is 12.4 Å². The van der Waals surface area contributed by atoms with E-state index in [0.717, 1.165) is 18.3 Å². The van der Waals surface area contributed by atoms with Crippen LogP contribution in [-0.4, -0.2) is 35.8 Å². The Bertz CT molecular complexity index is 1700. The van der Waals surface area contributed by atoms with Gasteiger partial charge in [0.2, 0.25) is 0 Å². The van der Waals surface area contributed by atoms with Crippen LogP contribution in [0.5, 0.6) is 0 Å². The van der Waals surface area contributed by atoms with Crippen LogP contribution in [0.3, 0.4) is 0 Å². The fraction of sp³-hybridized carbons (Fsp3) is 0.333. The Morgan fingerprint density at radius 2 is 1.80 bits per heavy atom. The standard InChI is InChI=1S/C24H21F7N8O2/c1-2-11(36-17-9-35-38-21(40)18(17)23(26,27)28)4-3-5-39-10-34-15-7-12(14(25)6-13(15)22(39)41)16-8-33-19(20(32)37-16)24(29,30)31/h6-11H,2-5H2,1H3,(H2,32,37)(H2,36,38,40). The van der Waals surface area contributed by atoms with Crippen LogP contribution in [-0.2, 0) is 18.9 Å². The third kappa shape index (κ3) is 6.28. The normalized spacial score (nSPS) is 13.0. The number of aromatic nitrogens is 6. The molecule has 17 heteroatoms. The molecule has 1 atom stereocenters. The van der Waals surface area contributed by atoms with E-state index in [1.54, 1.807) is 12.0 Å². The van der Waals surface area contributed by atoms with Crippen molar-refractivity contribution in [2.24, 2.45) is 0 Å². The van der Waals surface area contributed by atoms with Crippen molar-refractivity contribution in [3.63, 3.8) is 0 Å². The second-order valence-corrected chi connectivity index (χ2v) is 8.96. The van der Waals surface area contributed by atoms with Crippen LogP contribution >= 0.6 is 0 Å². The molecule has 0 radical (unpaired) electrons. The molecule has 4 aromatic rings. The van der Waals surface area contributed by atoms with E-state index < -0.39 is 58.1 Å². The number of aryl methyl sites for hydroxylation is 1. The highest BCUT2D eigenvalue weighted by Gasteiger charge is 2.38. The van der Waals surface area contributed by atoms with E-state index in [1.165, 1.54) is 10.9 Å². The lowest BCUT2D eigenvalue weighted by Crippen LogP contribution is -2.28. The van der Waals surface area contributed by atoms with Gasteiger partial charge in [0.1, 0.15) is 11.4 Å². The number of halogens is 7. The predicted octanol–water partition coefficient (Wildman–Crippen LogP) is 4.37. The Hall–Kier alpha value is -4.57. The molecule has 10 nitrogen and oxygen atoms in total. The molecule has 0 saturated carbocycles. The molecule has 1 unspecified atom stereocenters. The summed E-state index contributed by atoms with van der Waals surface area (Å²) in [7, 11) is 0. The molecule has 4 N–H and O–H groups in total. The van der Waals surface area contributed by atoms with Crippen LogP contribution in [0.2, 0.25) is 0 Å². The van der Waals surface area contributed by atoms with Gasteiger partial charge in [0.25, 0.3) is 11.1 Å². The van der Waals surface area contributed by atoms with E-state index in [4.69, 9.17) is 5.73 Å². The monoisotopic (exact) mass is 586 g/mol. The van der Waals surface area contributed by atoms with Crippen molar-refractivity contribution in [1.29, 1.82) is 0 Å². The number of nitrogen functional groups attached to an aromatic ring is 1. The van der Waals surface area contributed by atoms with Gasteiger partial charge in [-0.1, -0.05) is 6.92 Å². The number of nitrogens with one attached hydrogen (secondary N) is 2. The molecule has 4 rings (SSSR count). The molecule has 0 aliphatic rings. The van der Waals surface area contributed by atoms with E-state index in [-0.39, 0.29) is 28.7 Å². The van der Waals surface area contributed by atoms with Crippen LogP contribution in [0, 0.1) is 5.82 Å². The third-order valence-electron chi connectivity index (χ3n) is 6.20. The number of anilines is 2. The Labute approximate surface area is 225 Å². The molecule has 0 aliphatic heterocycles. The zero-order valence-electron chi connectivity index (χ0n) is 21.1. The highest BCUT2D eigenvalue weighted by molar-refractivity contribution is 5.83. The first kappa shape index (κ1) is 29.4. The number of rotatable bonds is 8. The van der Waals surface area contributed by atoms with Crippen LogP contribution in [0.4, 0.5) is 42.2 Å². The summed E-state index contributed by atoms with van der Waals surface area (Å²) >= 11 is 0. The minimum absolute atomic E-state index is 0.0394. The maximum atomic E-state index is 14.9. The smallest absolute Gasteiger partial charge is 0.382 e. The highest BCUT2D eigenvalue weighted by atomic mass is 19.4. The molecule has 0 fully saturated rings. The van der Waals surface area contributed by atoms with Gasteiger partial charge in [-0.05, 0) is 31.4 Å². The lowest BCUT2D eigenvalue weighted by Gasteiger charge is -2.20. The zero-order chi connectivity index (χ0) is 30.1. The molecular formula is C24H21F7N8O2. The number of benzene rings is 1. The summed E-state index contributed by atoms with van der Waals surface area (Å²) in [5, 5.41) is 7.75. The van der Waals surface area contributed by atoms with E-state index in [1.807, 2.05) is 0 Å². The number of alkyl halides is 6. The molecule has 0 spiro atoms. The minimum Gasteiger partial charge on any atom is -0.382 e. The van der Waals surface area contributed by atoms with Gasteiger partial charge in [-0.2, -0.15) is 31.4 Å². The van der Waals surface area contributed by atoms with Crippen molar-refractivity contribution >= 4 is 22.4 Å². The number of H-pyrrole nitrogens is 1. The molecule has 1 aromatic carbocycles. The second-order valence-electron chi connectivity index (χ2n) is 8.96. The van der Waals surface area contributed by atoms with Crippen LogP contribution < -0.4 is 22.2 Å². The third-order valence-corrected chi connectivity index (χ3v) is 6.20. The minimum atomic E-state index is -4.90. The summed E-state index contributed by atoms with van der Waals surface area (Å²) in [6, 6.07) is 1.51. The number of fused-ring (bicyclic) bond motifs is 1. The van der Waals surface area contributed by atoms with Gasteiger partial charge < -0.3 is 11.1 Å². The summed E-state index contributed by atoms with van der Waals surface area (Å²) in [6.07, 6.45) is -5.98. The predicted molar refractivity (Wildman–Crippen MR) is 133 cm³/mol. The average molecular weight is 586 g/mol. The van der Waals surface area contributed by atoms with Crippen molar-refractivity contribution in [3.05, 3.63) is 68.6 Å². The Morgan fingerprint density at radius 1 is 1.07 bits per heavy atom. The van der Waals surface area contributed by atoms with Gasteiger partial charge in [-0.3, -0.25) is 14.2 Å². The molecule has 0 amide bonds. The summed E-state index contributed by atoms with van der Waals surface area (Å²) < 4.78 is 94.8. The number of nitrogens with two attached hydrogens (primary N) is 1. The first-order valence-corrected chi connectivity index (χ1v) is 12.0. The summed E-state index contributed by atoms with van der Waals surface area (Å²) in [5.41, 5.74) is -0.442. The van der Waals surface area contributed by atoms with E-state index in [0.29, 0.717) is 25.5 Å². The van der Waals surface area contributed by atoms with Crippen molar-refractivity contribution in [3.8, 4) is 11.3 Å². The van der Waals surface area contributed by atoms with Crippen LogP contribution in [0.1, 0.15) is 37.4 Å². The largest absolute Gasteiger partial charge is 0.437 e. The molecule has 0 bridgehead atoms. The van der Waals surface area contributed by atoms with Crippen molar-refractivity contribution < 1.29 is 30.7 Å². The fourth-order valence-electron chi connectivity index (χ4n) is 4.18. The summed E-state index contributed by atoms with van der Waals surface area (Å²) in [4.78, 5) is 35.6. The average Bonchev–Trinajstić information content (AvgIpc) is 2.88. The number of hydrogen-bond donors (Lipinski definition) is 3. The maximum absolute atomic E-state index is 14.9. The second kappa shape index (κ2) is 11.1. The number of hydrogen-bond acceptors (Lipinski definition) is 8. The van der Waals surface area contributed by atoms with Gasteiger partial charge in [-0.15, -0.1) is 0 Å². The van der Waals surface area contributed by atoms with Gasteiger partial charge in [0.15, 0.2) is 11.5 Å². The first-order valence-electron chi connectivity index (χ1n) is 12.0. The summed E-state index contributed by atoms with van der Waals surface area (Å²) in [5.74, 6) is -1.91. The van der Waals surface area contributed by atoms with E-state index >= 15 is 0 Å². The Kier molecular flexibility index (Phi) is 7.98. The molecule has 0 aliphatic carbocycles. The zero-order valence-corrected chi connectivity index (χ0v) is 21.1. The van der Waals surface area contributed by atoms with Crippen molar-refractivity contribution in [2.75, 3.05) is 11.1 Å². The van der Waals surface area contributed by atoms with Gasteiger partial charge in [0, 0.05) is 18.2 Å². The lowest BCUT2D eigenvalue weighted by molar-refractivity contribution is -0.140. The quantitative estimate of drug-likeness (QED) is 0.258. The van der Waals surface area contributed by atoms with E-state index in [2.05, 4.69) is 25.4 Å². The van der Waals surface area contributed by atoms with Crippen molar-refractivity contribution in [2.45, 2.75) is 51.1 Å². The van der Waals surface area contributed by atoms with Crippen molar-refractivity contribution in [1.82, 2.24) is 29.7 Å². The maximum Gasteiger partial charge on any atom is 0.437 e. The van der Waals surface area contributed by atoms with E-state index in [9.17, 15) is 40.3 Å². The first-order chi connectivity index (χ1) is 19.2.